The van der Waals surface area contributed by atoms with Crippen LogP contribution < -0.4 is 31.8 Å². The van der Waals surface area contributed by atoms with Gasteiger partial charge in [0.15, 0.2) is 0 Å². The summed E-state index contributed by atoms with van der Waals surface area (Å²) in [5.74, 6) is 0.358. The van der Waals surface area contributed by atoms with Crippen molar-refractivity contribution in [3.05, 3.63) is 154 Å². The van der Waals surface area contributed by atoms with Crippen molar-refractivity contribution in [2.24, 2.45) is 0 Å². The molecule has 0 aliphatic heterocycles. The van der Waals surface area contributed by atoms with Gasteiger partial charge in [-0.25, -0.2) is 0 Å². The highest BCUT2D eigenvalue weighted by molar-refractivity contribution is 7.81. The van der Waals surface area contributed by atoms with Crippen LogP contribution in [0.25, 0.3) is 11.1 Å². The molecule has 6 aromatic carbocycles. The van der Waals surface area contributed by atoms with Crippen LogP contribution in [-0.2, 0) is 0 Å². The average molecular weight is 667 g/mol. The molecule has 0 heterocycles. The Morgan fingerprint density at radius 3 is 0.750 bits per heavy atom. The number of hydrogen-bond donors (Lipinski definition) is 2. The Balaban J connectivity index is 1.76. The van der Waals surface area contributed by atoms with Crippen LogP contribution in [0.5, 0.6) is 11.5 Å². The van der Waals surface area contributed by atoms with Crippen LogP contribution in [0.4, 0.5) is 0 Å². The SMILES string of the molecule is Cc1cccc(C)c1P(c1cccc(O)c1-c1c(O)cccc1P(c1c(C)cccc1C)c1c(C)cccc1C)c1c(C)cccc1C. The van der Waals surface area contributed by atoms with Crippen LogP contribution in [0.3, 0.4) is 0 Å². The summed E-state index contributed by atoms with van der Waals surface area (Å²) in [6, 6.07) is 37.9. The van der Waals surface area contributed by atoms with E-state index >= 15 is 0 Å². The van der Waals surface area contributed by atoms with Crippen molar-refractivity contribution in [1.29, 1.82) is 0 Å². The molecular formula is C44H44O2P2. The molecule has 4 heteroatoms. The molecule has 0 aromatic heterocycles. The third kappa shape index (κ3) is 5.98. The van der Waals surface area contributed by atoms with Crippen molar-refractivity contribution >= 4 is 47.7 Å². The van der Waals surface area contributed by atoms with Gasteiger partial charge in [0.2, 0.25) is 0 Å². The number of rotatable bonds is 7. The summed E-state index contributed by atoms with van der Waals surface area (Å²) in [6.45, 7) is 17.6. The molecule has 0 unspecified atom stereocenters. The minimum Gasteiger partial charge on any atom is -0.507 e. The van der Waals surface area contributed by atoms with E-state index in [1.54, 1.807) is 12.1 Å². The molecule has 242 valence electrons. The van der Waals surface area contributed by atoms with Gasteiger partial charge in [-0.05, 0) is 160 Å². The third-order valence-electron chi connectivity index (χ3n) is 9.43. The standard InChI is InChI=1S/C44H44O2P2/c1-27-15-9-16-28(2)41(27)47(42-29(3)17-10-18-30(42)4)37-25-13-23-35(45)39(37)40-36(46)24-14-26-38(40)48(43-31(5)19-11-20-32(43)6)44-33(7)21-12-22-34(44)8/h9-26,45-46H,1-8H3. The first kappa shape index (κ1) is 33.7. The second kappa shape index (κ2) is 13.7. The highest BCUT2D eigenvalue weighted by Crippen LogP contribution is 2.48. The molecule has 0 radical (unpaired) electrons. The molecule has 0 saturated carbocycles. The lowest BCUT2D eigenvalue weighted by Crippen LogP contribution is -2.31. The van der Waals surface area contributed by atoms with Crippen LogP contribution in [0.2, 0.25) is 0 Å². The van der Waals surface area contributed by atoms with E-state index in [0.717, 1.165) is 10.6 Å². The molecule has 48 heavy (non-hydrogen) atoms. The Morgan fingerprint density at radius 2 is 0.521 bits per heavy atom. The number of aromatic hydroxyl groups is 2. The lowest BCUT2D eigenvalue weighted by molar-refractivity contribution is 0.470. The molecule has 0 atom stereocenters. The minimum atomic E-state index is -1.13. The molecule has 0 fully saturated rings. The lowest BCUT2D eigenvalue weighted by Gasteiger charge is -2.31. The average Bonchev–Trinajstić information content (AvgIpc) is 3.03. The van der Waals surface area contributed by atoms with E-state index in [2.05, 4.69) is 140 Å². The molecule has 0 spiro atoms. The Hall–Kier alpha value is -4.22. The maximum absolute atomic E-state index is 12.1. The highest BCUT2D eigenvalue weighted by atomic mass is 31.1. The maximum Gasteiger partial charge on any atom is 0.124 e. The molecule has 0 aliphatic carbocycles. The first-order valence-electron chi connectivity index (χ1n) is 16.5. The molecule has 2 N–H and O–H groups in total. The van der Waals surface area contributed by atoms with Gasteiger partial charge < -0.3 is 10.2 Å². The smallest absolute Gasteiger partial charge is 0.124 e. The molecule has 2 nitrogen and oxygen atoms in total. The van der Waals surface area contributed by atoms with E-state index in [9.17, 15) is 10.2 Å². The normalized spacial score (nSPS) is 11.5. The van der Waals surface area contributed by atoms with Crippen LogP contribution in [0.15, 0.2) is 109 Å². The van der Waals surface area contributed by atoms with Crippen LogP contribution in [0, 0.1) is 55.4 Å². The summed E-state index contributed by atoms with van der Waals surface area (Å²) in [5, 5.41) is 31.4. The van der Waals surface area contributed by atoms with Gasteiger partial charge in [0.1, 0.15) is 11.5 Å². The van der Waals surface area contributed by atoms with Crippen molar-refractivity contribution in [2.45, 2.75) is 55.4 Å². The Kier molecular flexibility index (Phi) is 9.62. The fourth-order valence-electron chi connectivity index (χ4n) is 7.28. The molecule has 0 amide bonds. The van der Waals surface area contributed by atoms with E-state index in [0.29, 0.717) is 11.1 Å². The Labute approximate surface area is 288 Å². The van der Waals surface area contributed by atoms with E-state index in [4.69, 9.17) is 0 Å². The summed E-state index contributed by atoms with van der Waals surface area (Å²) < 4.78 is 0. The van der Waals surface area contributed by atoms with E-state index in [1.807, 2.05) is 12.1 Å². The second-order valence-corrected chi connectivity index (χ2v) is 17.1. The predicted molar refractivity (Wildman–Crippen MR) is 211 cm³/mol. The maximum atomic E-state index is 12.1. The zero-order chi connectivity index (χ0) is 34.3. The van der Waals surface area contributed by atoms with Gasteiger partial charge in [0, 0.05) is 11.1 Å². The first-order valence-corrected chi connectivity index (χ1v) is 19.2. The summed E-state index contributed by atoms with van der Waals surface area (Å²) >= 11 is 0. The van der Waals surface area contributed by atoms with Gasteiger partial charge in [0.25, 0.3) is 0 Å². The van der Waals surface area contributed by atoms with Crippen molar-refractivity contribution in [2.75, 3.05) is 0 Å². The fourth-order valence-corrected chi connectivity index (χ4v) is 13.5. The Bertz CT molecular complexity index is 1820. The van der Waals surface area contributed by atoms with Crippen molar-refractivity contribution < 1.29 is 10.2 Å². The van der Waals surface area contributed by atoms with E-state index in [1.165, 1.54) is 65.7 Å². The summed E-state index contributed by atoms with van der Waals surface area (Å²) in [7, 11) is -2.26. The molecule has 6 aromatic rings. The van der Waals surface area contributed by atoms with Gasteiger partial charge in [-0.2, -0.15) is 0 Å². The third-order valence-corrected chi connectivity index (χ3v) is 15.7. The molecular weight excluding hydrogens is 622 g/mol. The number of phenolic OH excluding ortho intramolecular Hbond substituents is 2. The van der Waals surface area contributed by atoms with Gasteiger partial charge in [0.05, 0.1) is 0 Å². The van der Waals surface area contributed by atoms with Crippen molar-refractivity contribution in [1.82, 2.24) is 0 Å². The number of aryl methyl sites for hydroxylation is 8. The molecule has 0 aliphatic rings. The Morgan fingerprint density at radius 1 is 0.312 bits per heavy atom. The predicted octanol–water partition coefficient (Wildman–Crippen LogP) is 8.75. The molecule has 0 bridgehead atoms. The molecule has 0 saturated heterocycles. The van der Waals surface area contributed by atoms with E-state index in [-0.39, 0.29) is 11.5 Å². The summed E-state index contributed by atoms with van der Waals surface area (Å²) in [5.41, 5.74) is 11.2. The first-order chi connectivity index (χ1) is 23.0. The second-order valence-electron chi connectivity index (χ2n) is 13.0. The minimum absolute atomic E-state index is 0.179. The number of phenols is 2. The summed E-state index contributed by atoms with van der Waals surface area (Å²) in [6.07, 6.45) is 0. The monoisotopic (exact) mass is 666 g/mol. The van der Waals surface area contributed by atoms with Gasteiger partial charge >= 0.3 is 0 Å². The topological polar surface area (TPSA) is 40.5 Å². The number of hydrogen-bond acceptors (Lipinski definition) is 2. The van der Waals surface area contributed by atoms with Crippen molar-refractivity contribution in [3.63, 3.8) is 0 Å². The van der Waals surface area contributed by atoms with Crippen LogP contribution >= 0.6 is 15.8 Å². The largest absolute Gasteiger partial charge is 0.507 e. The van der Waals surface area contributed by atoms with Gasteiger partial charge in [-0.1, -0.05) is 97.1 Å². The number of benzene rings is 6. The zero-order valence-electron chi connectivity index (χ0n) is 29.2. The van der Waals surface area contributed by atoms with Gasteiger partial charge in [-0.3, -0.25) is 0 Å². The van der Waals surface area contributed by atoms with E-state index < -0.39 is 15.8 Å². The quantitative estimate of drug-likeness (QED) is 0.167. The highest BCUT2D eigenvalue weighted by Gasteiger charge is 2.32. The molecule has 6 rings (SSSR count). The zero-order valence-corrected chi connectivity index (χ0v) is 31.0. The summed E-state index contributed by atoms with van der Waals surface area (Å²) in [4.78, 5) is 0. The van der Waals surface area contributed by atoms with Gasteiger partial charge in [-0.15, -0.1) is 0 Å². The van der Waals surface area contributed by atoms with Crippen molar-refractivity contribution in [3.8, 4) is 22.6 Å². The van der Waals surface area contributed by atoms with Crippen LogP contribution in [0.1, 0.15) is 44.5 Å². The fraction of sp³-hybridized carbons (Fsp3) is 0.182. The lowest BCUT2D eigenvalue weighted by atomic mass is 10.0. The van der Waals surface area contributed by atoms with Crippen LogP contribution in [-0.4, -0.2) is 10.2 Å².